The molecular formula is C15H17F3N2O3. The Morgan fingerprint density at radius 2 is 2.00 bits per heavy atom. The van der Waals surface area contributed by atoms with Crippen LogP contribution in [-0.2, 0) is 11.0 Å². The molecule has 0 saturated carbocycles. The van der Waals surface area contributed by atoms with Gasteiger partial charge in [-0.3, -0.25) is 4.79 Å². The van der Waals surface area contributed by atoms with Crippen molar-refractivity contribution in [3.05, 3.63) is 41.6 Å². The SMILES string of the molecule is C=C(C)NC(CC)C(=O)Oc1cc(C(F)(F)F)ccc1C(N)=O. The normalized spacial score (nSPS) is 12.4. The number of ether oxygens (including phenoxy) is 1. The maximum absolute atomic E-state index is 12.8. The Bertz CT molecular complexity index is 627. The highest BCUT2D eigenvalue weighted by atomic mass is 19.4. The monoisotopic (exact) mass is 330 g/mol. The Morgan fingerprint density at radius 3 is 2.43 bits per heavy atom. The van der Waals surface area contributed by atoms with E-state index in [1.54, 1.807) is 13.8 Å². The van der Waals surface area contributed by atoms with Crippen LogP contribution in [0.15, 0.2) is 30.5 Å². The maximum Gasteiger partial charge on any atom is 0.416 e. The molecule has 1 aromatic carbocycles. The molecule has 23 heavy (non-hydrogen) atoms. The summed E-state index contributed by atoms with van der Waals surface area (Å²) in [6.07, 6.45) is -4.33. The summed E-state index contributed by atoms with van der Waals surface area (Å²) in [7, 11) is 0. The molecule has 1 unspecified atom stereocenters. The van der Waals surface area contributed by atoms with E-state index in [0.717, 1.165) is 6.07 Å². The molecule has 1 amide bonds. The average Bonchev–Trinajstić information content (AvgIpc) is 2.43. The van der Waals surface area contributed by atoms with E-state index in [9.17, 15) is 22.8 Å². The van der Waals surface area contributed by atoms with E-state index in [2.05, 4.69) is 11.9 Å². The van der Waals surface area contributed by atoms with Gasteiger partial charge in [0.1, 0.15) is 11.8 Å². The molecule has 0 bridgehead atoms. The van der Waals surface area contributed by atoms with Crippen LogP contribution in [0.4, 0.5) is 13.2 Å². The third-order valence-electron chi connectivity index (χ3n) is 2.90. The van der Waals surface area contributed by atoms with E-state index >= 15 is 0 Å². The van der Waals surface area contributed by atoms with Crippen molar-refractivity contribution < 1.29 is 27.5 Å². The molecule has 0 aliphatic carbocycles. The van der Waals surface area contributed by atoms with Gasteiger partial charge in [-0.15, -0.1) is 0 Å². The lowest BCUT2D eigenvalue weighted by Gasteiger charge is -2.18. The minimum absolute atomic E-state index is 0.309. The van der Waals surface area contributed by atoms with Gasteiger partial charge >= 0.3 is 12.1 Å². The first kappa shape index (κ1) is 18.5. The van der Waals surface area contributed by atoms with Crippen LogP contribution >= 0.6 is 0 Å². The Kier molecular flexibility index (Phi) is 5.78. The lowest BCUT2D eigenvalue weighted by atomic mass is 10.1. The minimum Gasteiger partial charge on any atom is -0.424 e. The maximum atomic E-state index is 12.8. The van der Waals surface area contributed by atoms with Crippen molar-refractivity contribution in [2.24, 2.45) is 5.73 Å². The van der Waals surface area contributed by atoms with Gasteiger partial charge in [-0.05, 0) is 31.5 Å². The van der Waals surface area contributed by atoms with Crippen LogP contribution in [0.2, 0.25) is 0 Å². The van der Waals surface area contributed by atoms with E-state index < -0.39 is 35.4 Å². The van der Waals surface area contributed by atoms with Gasteiger partial charge in [-0.1, -0.05) is 13.5 Å². The number of benzene rings is 1. The van der Waals surface area contributed by atoms with Crippen LogP contribution in [0.5, 0.6) is 5.75 Å². The second-order valence-electron chi connectivity index (χ2n) is 4.88. The number of primary amides is 1. The Balaban J connectivity index is 3.16. The summed E-state index contributed by atoms with van der Waals surface area (Å²) in [6.45, 7) is 6.89. The van der Waals surface area contributed by atoms with Crippen LogP contribution in [-0.4, -0.2) is 17.9 Å². The minimum atomic E-state index is -4.64. The first-order valence-electron chi connectivity index (χ1n) is 6.71. The zero-order chi connectivity index (χ0) is 17.8. The highest BCUT2D eigenvalue weighted by Crippen LogP contribution is 2.33. The van der Waals surface area contributed by atoms with Gasteiger partial charge in [0.15, 0.2) is 0 Å². The molecule has 126 valence electrons. The number of amides is 1. The number of hydrogen-bond donors (Lipinski definition) is 2. The average molecular weight is 330 g/mol. The Hall–Kier alpha value is -2.51. The highest BCUT2D eigenvalue weighted by molar-refractivity contribution is 5.96. The molecule has 0 aliphatic heterocycles. The van der Waals surface area contributed by atoms with Crippen LogP contribution in [0, 0.1) is 0 Å². The first-order chi connectivity index (χ1) is 10.6. The predicted octanol–water partition coefficient (Wildman–Crippen LogP) is 2.61. The number of hydrogen-bond acceptors (Lipinski definition) is 4. The molecule has 0 radical (unpaired) electrons. The molecule has 0 spiro atoms. The van der Waals surface area contributed by atoms with E-state index in [1.165, 1.54) is 0 Å². The van der Waals surface area contributed by atoms with Gasteiger partial charge in [0, 0.05) is 5.70 Å². The van der Waals surface area contributed by atoms with Gasteiger partial charge < -0.3 is 15.8 Å². The number of rotatable bonds is 6. The first-order valence-corrected chi connectivity index (χ1v) is 6.71. The van der Waals surface area contributed by atoms with Crippen molar-refractivity contribution in [3.8, 4) is 5.75 Å². The summed E-state index contributed by atoms with van der Waals surface area (Å²) in [4.78, 5) is 23.4. The van der Waals surface area contributed by atoms with Crippen molar-refractivity contribution in [1.82, 2.24) is 5.32 Å². The van der Waals surface area contributed by atoms with E-state index in [4.69, 9.17) is 10.5 Å². The van der Waals surface area contributed by atoms with Gasteiger partial charge in [-0.25, -0.2) is 4.79 Å². The van der Waals surface area contributed by atoms with Crippen molar-refractivity contribution >= 4 is 11.9 Å². The quantitative estimate of drug-likeness (QED) is 0.620. The van der Waals surface area contributed by atoms with Crippen molar-refractivity contribution in [2.45, 2.75) is 32.5 Å². The third kappa shape index (κ3) is 5.01. The molecule has 0 saturated heterocycles. The fraction of sp³-hybridized carbons (Fsp3) is 0.333. The molecule has 0 fully saturated rings. The number of nitrogens with two attached hydrogens (primary N) is 1. The summed E-state index contributed by atoms with van der Waals surface area (Å²) in [5, 5.41) is 2.74. The van der Waals surface area contributed by atoms with Crippen LogP contribution < -0.4 is 15.8 Å². The molecule has 5 nitrogen and oxygen atoms in total. The number of nitrogens with one attached hydrogen (secondary N) is 1. The van der Waals surface area contributed by atoms with Crippen molar-refractivity contribution in [3.63, 3.8) is 0 Å². The number of allylic oxidation sites excluding steroid dienone is 1. The molecule has 1 atom stereocenters. The number of halogens is 3. The third-order valence-corrected chi connectivity index (χ3v) is 2.90. The second kappa shape index (κ2) is 7.17. The lowest BCUT2D eigenvalue weighted by molar-refractivity contribution is -0.139. The fourth-order valence-corrected chi connectivity index (χ4v) is 1.79. The standard InChI is InChI=1S/C15H17F3N2O3/c1-4-11(20-8(2)3)14(22)23-12-7-9(15(16,17)18)5-6-10(12)13(19)21/h5-7,11,20H,2,4H2,1,3H3,(H2,19,21). The zero-order valence-electron chi connectivity index (χ0n) is 12.7. The second-order valence-corrected chi connectivity index (χ2v) is 4.88. The fourth-order valence-electron chi connectivity index (χ4n) is 1.79. The van der Waals surface area contributed by atoms with Crippen LogP contribution in [0.3, 0.4) is 0 Å². The van der Waals surface area contributed by atoms with Gasteiger partial charge in [0.2, 0.25) is 0 Å². The number of alkyl halides is 3. The summed E-state index contributed by atoms with van der Waals surface area (Å²) in [5.41, 5.74) is 4.23. The molecule has 0 aromatic heterocycles. The molecule has 0 heterocycles. The van der Waals surface area contributed by atoms with Crippen LogP contribution in [0.25, 0.3) is 0 Å². The van der Waals surface area contributed by atoms with Crippen LogP contribution in [0.1, 0.15) is 36.2 Å². The van der Waals surface area contributed by atoms with Gasteiger partial charge in [-0.2, -0.15) is 13.2 Å². The van der Waals surface area contributed by atoms with E-state index in [1.807, 2.05) is 0 Å². The molecule has 1 aromatic rings. The van der Waals surface area contributed by atoms with Crippen molar-refractivity contribution in [2.75, 3.05) is 0 Å². The lowest BCUT2D eigenvalue weighted by Crippen LogP contribution is -2.38. The summed E-state index contributed by atoms with van der Waals surface area (Å²) >= 11 is 0. The smallest absolute Gasteiger partial charge is 0.416 e. The Labute approximate surface area is 131 Å². The molecule has 8 heteroatoms. The van der Waals surface area contributed by atoms with Gasteiger partial charge in [0.05, 0.1) is 11.1 Å². The molecule has 1 rings (SSSR count). The molecular weight excluding hydrogens is 313 g/mol. The largest absolute Gasteiger partial charge is 0.424 e. The van der Waals surface area contributed by atoms with Gasteiger partial charge in [0.25, 0.3) is 5.91 Å². The van der Waals surface area contributed by atoms with E-state index in [-0.39, 0.29) is 5.56 Å². The summed E-state index contributed by atoms with van der Waals surface area (Å²) in [5.74, 6) is -2.36. The summed E-state index contributed by atoms with van der Waals surface area (Å²) in [6, 6.07) is 1.34. The zero-order valence-corrected chi connectivity index (χ0v) is 12.7. The number of carbonyl (C=O) groups excluding carboxylic acids is 2. The predicted molar refractivity (Wildman–Crippen MR) is 77.6 cm³/mol. The summed E-state index contributed by atoms with van der Waals surface area (Å²) < 4.78 is 43.2. The number of esters is 1. The topological polar surface area (TPSA) is 81.4 Å². The molecule has 0 aliphatic rings. The van der Waals surface area contributed by atoms with E-state index in [0.29, 0.717) is 24.3 Å². The Morgan fingerprint density at radius 1 is 1.39 bits per heavy atom. The number of carbonyl (C=O) groups is 2. The highest BCUT2D eigenvalue weighted by Gasteiger charge is 2.32. The molecule has 3 N–H and O–H groups in total. The van der Waals surface area contributed by atoms with Crippen molar-refractivity contribution in [1.29, 1.82) is 0 Å².